The third-order valence-corrected chi connectivity index (χ3v) is 4.40. The van der Waals surface area contributed by atoms with Gasteiger partial charge in [0.05, 0.1) is 11.5 Å². The zero-order chi connectivity index (χ0) is 14.2. The maximum atomic E-state index is 12.2. The standard InChI is InChI=1S/C12H10ClN3O3S/c13-11-3-4-12(15-14-11)16-20(17,18)9-1-2-10-8(7-9)5-6-19-10/h1-4,7H,5-6H2,(H,15,16). The third-order valence-electron chi connectivity index (χ3n) is 2.84. The minimum atomic E-state index is -3.70. The van der Waals surface area contributed by atoms with Crippen molar-refractivity contribution in [1.82, 2.24) is 10.2 Å². The minimum Gasteiger partial charge on any atom is -0.493 e. The van der Waals surface area contributed by atoms with Crippen LogP contribution in [0.4, 0.5) is 5.82 Å². The molecule has 6 nitrogen and oxygen atoms in total. The predicted molar refractivity (Wildman–Crippen MR) is 73.5 cm³/mol. The Labute approximate surface area is 120 Å². The van der Waals surface area contributed by atoms with Crippen LogP contribution in [0.2, 0.25) is 5.15 Å². The average molecular weight is 312 g/mol. The molecule has 20 heavy (non-hydrogen) atoms. The summed E-state index contributed by atoms with van der Waals surface area (Å²) in [5.41, 5.74) is 0.884. The van der Waals surface area contributed by atoms with Gasteiger partial charge in [0.1, 0.15) is 5.75 Å². The largest absolute Gasteiger partial charge is 0.493 e. The van der Waals surface area contributed by atoms with Crippen molar-refractivity contribution in [1.29, 1.82) is 0 Å². The second kappa shape index (κ2) is 4.92. The summed E-state index contributed by atoms with van der Waals surface area (Å²) in [5.74, 6) is 0.849. The first-order chi connectivity index (χ1) is 9.54. The lowest BCUT2D eigenvalue weighted by molar-refractivity contribution is 0.356. The molecule has 1 aliphatic heterocycles. The number of halogens is 1. The van der Waals surface area contributed by atoms with E-state index in [2.05, 4.69) is 14.9 Å². The topological polar surface area (TPSA) is 81.2 Å². The van der Waals surface area contributed by atoms with Gasteiger partial charge in [-0.15, -0.1) is 10.2 Å². The molecule has 8 heteroatoms. The minimum absolute atomic E-state index is 0.117. The summed E-state index contributed by atoms with van der Waals surface area (Å²) < 4.78 is 32.2. The van der Waals surface area contributed by atoms with Crippen molar-refractivity contribution in [2.45, 2.75) is 11.3 Å². The van der Waals surface area contributed by atoms with Crippen molar-refractivity contribution < 1.29 is 13.2 Å². The van der Waals surface area contributed by atoms with Gasteiger partial charge in [0.25, 0.3) is 10.0 Å². The molecule has 104 valence electrons. The van der Waals surface area contributed by atoms with Crippen LogP contribution < -0.4 is 9.46 Å². The van der Waals surface area contributed by atoms with Gasteiger partial charge in [-0.25, -0.2) is 8.42 Å². The molecular weight excluding hydrogens is 302 g/mol. The van der Waals surface area contributed by atoms with E-state index in [9.17, 15) is 8.42 Å². The van der Waals surface area contributed by atoms with Gasteiger partial charge in [0, 0.05) is 6.42 Å². The number of fused-ring (bicyclic) bond motifs is 1. The summed E-state index contributed by atoms with van der Waals surface area (Å²) in [5, 5.41) is 7.44. The van der Waals surface area contributed by atoms with E-state index >= 15 is 0 Å². The molecule has 0 bridgehead atoms. The number of ether oxygens (including phenoxy) is 1. The van der Waals surface area contributed by atoms with Crippen LogP contribution in [-0.4, -0.2) is 25.2 Å². The van der Waals surface area contributed by atoms with E-state index in [0.717, 1.165) is 11.3 Å². The fraction of sp³-hybridized carbons (Fsp3) is 0.167. The number of aromatic nitrogens is 2. The first kappa shape index (κ1) is 13.1. The number of anilines is 1. The van der Waals surface area contributed by atoms with E-state index in [1.807, 2.05) is 0 Å². The summed E-state index contributed by atoms with van der Waals surface area (Å²) in [6, 6.07) is 7.67. The number of hydrogen-bond donors (Lipinski definition) is 1. The van der Waals surface area contributed by atoms with E-state index in [4.69, 9.17) is 16.3 Å². The normalized spacial score (nSPS) is 13.7. The van der Waals surface area contributed by atoms with Gasteiger partial charge in [-0.1, -0.05) is 11.6 Å². The summed E-state index contributed by atoms with van der Waals surface area (Å²) in [4.78, 5) is 0.165. The number of benzene rings is 1. The maximum absolute atomic E-state index is 12.2. The van der Waals surface area contributed by atoms with Gasteiger partial charge in [0.2, 0.25) is 0 Å². The van der Waals surface area contributed by atoms with Crippen LogP contribution in [0.5, 0.6) is 5.75 Å². The molecule has 2 aromatic rings. The summed E-state index contributed by atoms with van der Waals surface area (Å²) in [7, 11) is -3.70. The highest BCUT2D eigenvalue weighted by molar-refractivity contribution is 7.92. The number of nitrogens with one attached hydrogen (secondary N) is 1. The Morgan fingerprint density at radius 2 is 2.05 bits per heavy atom. The zero-order valence-electron chi connectivity index (χ0n) is 10.2. The average Bonchev–Trinajstić information content (AvgIpc) is 2.88. The summed E-state index contributed by atoms with van der Waals surface area (Å²) in [6.45, 7) is 0.578. The van der Waals surface area contributed by atoms with Crippen molar-refractivity contribution in [2.24, 2.45) is 0 Å². The molecule has 0 radical (unpaired) electrons. The van der Waals surface area contributed by atoms with Crippen LogP contribution in [0.25, 0.3) is 0 Å². The van der Waals surface area contributed by atoms with Gasteiger partial charge < -0.3 is 4.74 Å². The molecule has 0 fully saturated rings. The molecule has 0 saturated heterocycles. The Kier molecular flexibility index (Phi) is 3.23. The maximum Gasteiger partial charge on any atom is 0.263 e. The number of hydrogen-bond acceptors (Lipinski definition) is 5. The van der Waals surface area contributed by atoms with E-state index in [-0.39, 0.29) is 15.9 Å². The van der Waals surface area contributed by atoms with Crippen molar-refractivity contribution in [3.63, 3.8) is 0 Å². The van der Waals surface area contributed by atoms with E-state index in [0.29, 0.717) is 13.0 Å². The molecule has 0 unspecified atom stereocenters. The Morgan fingerprint density at radius 3 is 2.80 bits per heavy atom. The van der Waals surface area contributed by atoms with Crippen molar-refractivity contribution in [2.75, 3.05) is 11.3 Å². The molecule has 0 atom stereocenters. The van der Waals surface area contributed by atoms with Gasteiger partial charge in [0.15, 0.2) is 11.0 Å². The lowest BCUT2D eigenvalue weighted by atomic mass is 10.2. The summed E-state index contributed by atoms with van der Waals surface area (Å²) >= 11 is 5.60. The van der Waals surface area contributed by atoms with Crippen LogP contribution >= 0.6 is 11.6 Å². The molecule has 1 aliphatic rings. The molecule has 3 rings (SSSR count). The Hall–Kier alpha value is -1.86. The Bertz CT molecular complexity index is 747. The molecule has 0 amide bonds. The fourth-order valence-corrected chi connectivity index (χ4v) is 3.04. The van der Waals surface area contributed by atoms with Crippen LogP contribution in [-0.2, 0) is 16.4 Å². The first-order valence-electron chi connectivity index (χ1n) is 5.82. The number of rotatable bonds is 3. The quantitative estimate of drug-likeness (QED) is 0.935. The van der Waals surface area contributed by atoms with Gasteiger partial charge >= 0.3 is 0 Å². The highest BCUT2D eigenvalue weighted by atomic mass is 35.5. The van der Waals surface area contributed by atoms with Crippen LogP contribution in [0.15, 0.2) is 35.2 Å². The second-order valence-corrected chi connectivity index (χ2v) is 6.28. The van der Waals surface area contributed by atoms with Gasteiger partial charge in [-0.2, -0.15) is 0 Å². The van der Waals surface area contributed by atoms with Crippen molar-refractivity contribution in [3.05, 3.63) is 41.0 Å². The number of nitrogens with zero attached hydrogens (tertiary/aromatic N) is 2. The van der Waals surface area contributed by atoms with Crippen LogP contribution in [0, 0.1) is 0 Å². The lowest BCUT2D eigenvalue weighted by Gasteiger charge is -2.08. The van der Waals surface area contributed by atoms with Crippen LogP contribution in [0.1, 0.15) is 5.56 Å². The zero-order valence-corrected chi connectivity index (χ0v) is 11.8. The van der Waals surface area contributed by atoms with E-state index < -0.39 is 10.0 Å². The number of sulfonamides is 1. The van der Waals surface area contributed by atoms with E-state index in [1.54, 1.807) is 12.1 Å². The first-order valence-corrected chi connectivity index (χ1v) is 7.68. The SMILES string of the molecule is O=S(=O)(Nc1ccc(Cl)nn1)c1ccc2c(c1)CCO2. The third kappa shape index (κ3) is 2.54. The Morgan fingerprint density at radius 1 is 1.20 bits per heavy atom. The molecule has 0 aliphatic carbocycles. The fourth-order valence-electron chi connectivity index (χ4n) is 1.90. The lowest BCUT2D eigenvalue weighted by Crippen LogP contribution is -2.14. The molecule has 0 spiro atoms. The molecule has 1 aromatic heterocycles. The van der Waals surface area contributed by atoms with Gasteiger partial charge in [-0.05, 0) is 35.9 Å². The smallest absolute Gasteiger partial charge is 0.263 e. The van der Waals surface area contributed by atoms with Crippen molar-refractivity contribution in [3.8, 4) is 5.75 Å². The monoisotopic (exact) mass is 311 g/mol. The molecule has 2 heterocycles. The van der Waals surface area contributed by atoms with Gasteiger partial charge in [-0.3, -0.25) is 4.72 Å². The highest BCUT2D eigenvalue weighted by Gasteiger charge is 2.19. The molecule has 1 N–H and O–H groups in total. The van der Waals surface area contributed by atoms with Crippen molar-refractivity contribution >= 4 is 27.4 Å². The highest BCUT2D eigenvalue weighted by Crippen LogP contribution is 2.28. The van der Waals surface area contributed by atoms with E-state index in [1.165, 1.54) is 18.2 Å². The molecular formula is C12H10ClN3O3S. The predicted octanol–water partition coefficient (Wildman–Crippen LogP) is 1.87. The second-order valence-electron chi connectivity index (χ2n) is 4.21. The molecule has 1 aromatic carbocycles. The van der Waals surface area contributed by atoms with Crippen LogP contribution in [0.3, 0.4) is 0 Å². The Balaban J connectivity index is 1.90. The summed E-state index contributed by atoms with van der Waals surface area (Å²) in [6.07, 6.45) is 0.708. The molecule has 0 saturated carbocycles.